The number of benzene rings is 2. The fraction of sp³-hybridized carbons (Fsp3) is 0.231. The second-order valence-electron chi connectivity index (χ2n) is 7.95. The molecule has 0 aliphatic carbocycles. The lowest BCUT2D eigenvalue weighted by atomic mass is 10.2. The predicted octanol–water partition coefficient (Wildman–Crippen LogP) is 6.33. The average molecular weight is 482 g/mol. The van der Waals surface area contributed by atoms with Crippen LogP contribution in [0, 0.1) is 19.7 Å². The van der Waals surface area contributed by atoms with Gasteiger partial charge in [0.1, 0.15) is 23.9 Å². The molecule has 34 heavy (non-hydrogen) atoms. The van der Waals surface area contributed by atoms with Crippen LogP contribution in [0.25, 0.3) is 0 Å². The summed E-state index contributed by atoms with van der Waals surface area (Å²) in [6.45, 7) is 6.31. The molecule has 1 amide bonds. The number of halogens is 2. The van der Waals surface area contributed by atoms with Crippen LogP contribution in [-0.4, -0.2) is 15.7 Å². The van der Waals surface area contributed by atoms with Crippen LogP contribution in [0.1, 0.15) is 45.8 Å². The first-order valence-electron chi connectivity index (χ1n) is 10.9. The maximum Gasteiger partial charge on any atom is 0.291 e. The molecule has 0 atom stereocenters. The SMILES string of the molecule is CCc1ccc(OCc2ccc(C(=O)Nc3c(C)nn(Cc4ccc(F)cc4Cl)c3C)o2)cc1. The summed E-state index contributed by atoms with van der Waals surface area (Å²) in [6.07, 6.45) is 0.967. The Morgan fingerprint density at radius 1 is 1.15 bits per heavy atom. The monoisotopic (exact) mass is 481 g/mol. The van der Waals surface area contributed by atoms with E-state index in [4.69, 9.17) is 20.8 Å². The molecule has 2 aromatic heterocycles. The molecule has 8 heteroatoms. The number of rotatable bonds is 8. The van der Waals surface area contributed by atoms with E-state index in [-0.39, 0.29) is 18.3 Å². The van der Waals surface area contributed by atoms with Gasteiger partial charge in [-0.05, 0) is 67.8 Å². The third kappa shape index (κ3) is 5.31. The minimum absolute atomic E-state index is 0.174. The Morgan fingerprint density at radius 3 is 2.62 bits per heavy atom. The molecule has 4 aromatic rings. The van der Waals surface area contributed by atoms with Gasteiger partial charge in [-0.15, -0.1) is 0 Å². The zero-order valence-electron chi connectivity index (χ0n) is 19.2. The normalized spacial score (nSPS) is 11.0. The van der Waals surface area contributed by atoms with E-state index in [0.29, 0.717) is 28.7 Å². The summed E-state index contributed by atoms with van der Waals surface area (Å²) >= 11 is 6.15. The Morgan fingerprint density at radius 2 is 1.91 bits per heavy atom. The van der Waals surface area contributed by atoms with Crippen molar-refractivity contribution in [3.63, 3.8) is 0 Å². The number of amides is 1. The summed E-state index contributed by atoms with van der Waals surface area (Å²) in [5.74, 6) is 0.671. The molecule has 0 bridgehead atoms. The fourth-order valence-corrected chi connectivity index (χ4v) is 3.80. The van der Waals surface area contributed by atoms with Crippen LogP contribution in [0.2, 0.25) is 5.02 Å². The van der Waals surface area contributed by atoms with Gasteiger partial charge in [0.25, 0.3) is 5.91 Å². The quantitative estimate of drug-likeness (QED) is 0.319. The molecule has 1 N–H and O–H groups in total. The number of ether oxygens (including phenoxy) is 1. The summed E-state index contributed by atoms with van der Waals surface area (Å²) in [5.41, 5.74) is 3.95. The third-order valence-electron chi connectivity index (χ3n) is 5.55. The minimum Gasteiger partial charge on any atom is -0.486 e. The molecule has 0 aliphatic heterocycles. The third-order valence-corrected chi connectivity index (χ3v) is 5.91. The van der Waals surface area contributed by atoms with E-state index in [1.165, 1.54) is 17.7 Å². The Balaban J connectivity index is 1.41. The Hall–Kier alpha value is -3.58. The molecule has 0 fully saturated rings. The van der Waals surface area contributed by atoms with Gasteiger partial charge in [0.15, 0.2) is 5.76 Å². The summed E-state index contributed by atoms with van der Waals surface area (Å²) in [6, 6.07) is 15.4. The van der Waals surface area contributed by atoms with E-state index in [2.05, 4.69) is 17.3 Å². The number of anilines is 1. The van der Waals surface area contributed by atoms with Crippen molar-refractivity contribution in [1.82, 2.24) is 9.78 Å². The molecule has 6 nitrogen and oxygen atoms in total. The second kappa shape index (κ2) is 10.1. The first-order chi connectivity index (χ1) is 16.3. The number of nitrogens with zero attached hydrogens (tertiary/aromatic N) is 2. The number of aromatic nitrogens is 2. The average Bonchev–Trinajstić information content (AvgIpc) is 3.40. The number of aryl methyl sites for hydroxylation is 2. The number of hydrogen-bond acceptors (Lipinski definition) is 4. The fourth-order valence-electron chi connectivity index (χ4n) is 3.57. The number of nitrogens with one attached hydrogen (secondary N) is 1. The number of hydrogen-bond donors (Lipinski definition) is 1. The first kappa shape index (κ1) is 23.6. The molecule has 2 aromatic carbocycles. The maximum atomic E-state index is 13.3. The van der Waals surface area contributed by atoms with Crippen molar-refractivity contribution in [2.75, 3.05) is 5.32 Å². The Bertz CT molecular complexity index is 1310. The maximum absolute atomic E-state index is 13.3. The highest BCUT2D eigenvalue weighted by molar-refractivity contribution is 6.31. The van der Waals surface area contributed by atoms with Gasteiger partial charge in [0, 0.05) is 5.02 Å². The zero-order valence-corrected chi connectivity index (χ0v) is 19.9. The van der Waals surface area contributed by atoms with Crippen molar-refractivity contribution in [3.8, 4) is 5.75 Å². The lowest BCUT2D eigenvalue weighted by Crippen LogP contribution is -2.12. The van der Waals surface area contributed by atoms with Crippen molar-refractivity contribution in [3.05, 3.63) is 99.5 Å². The summed E-state index contributed by atoms with van der Waals surface area (Å²) < 4.78 is 26.5. The molecule has 176 valence electrons. The first-order valence-corrected chi connectivity index (χ1v) is 11.3. The lowest BCUT2D eigenvalue weighted by Gasteiger charge is -2.08. The van der Waals surface area contributed by atoms with Crippen LogP contribution in [0.15, 0.2) is 59.0 Å². The highest BCUT2D eigenvalue weighted by atomic mass is 35.5. The van der Waals surface area contributed by atoms with Crippen LogP contribution in [0.5, 0.6) is 5.75 Å². The number of carbonyl (C=O) groups is 1. The number of carbonyl (C=O) groups excluding carboxylic acids is 1. The summed E-state index contributed by atoms with van der Waals surface area (Å²) in [5, 5.41) is 7.69. The van der Waals surface area contributed by atoms with Crippen LogP contribution in [0.3, 0.4) is 0 Å². The van der Waals surface area contributed by atoms with Crippen LogP contribution >= 0.6 is 11.6 Å². The highest BCUT2D eigenvalue weighted by Gasteiger charge is 2.18. The van der Waals surface area contributed by atoms with Gasteiger partial charge in [-0.3, -0.25) is 9.48 Å². The van der Waals surface area contributed by atoms with E-state index in [1.807, 2.05) is 31.2 Å². The molecule has 0 radical (unpaired) electrons. The van der Waals surface area contributed by atoms with Gasteiger partial charge in [0.05, 0.1) is 23.6 Å². The summed E-state index contributed by atoms with van der Waals surface area (Å²) in [7, 11) is 0. The van der Waals surface area contributed by atoms with Gasteiger partial charge in [-0.1, -0.05) is 36.7 Å². The predicted molar refractivity (Wildman–Crippen MR) is 129 cm³/mol. The number of furan rings is 1. The smallest absolute Gasteiger partial charge is 0.291 e. The van der Waals surface area contributed by atoms with Gasteiger partial charge in [-0.2, -0.15) is 5.10 Å². The van der Waals surface area contributed by atoms with Crippen molar-refractivity contribution in [1.29, 1.82) is 0 Å². The van der Waals surface area contributed by atoms with E-state index in [1.54, 1.807) is 29.8 Å². The largest absolute Gasteiger partial charge is 0.486 e. The van der Waals surface area contributed by atoms with E-state index < -0.39 is 5.82 Å². The highest BCUT2D eigenvalue weighted by Crippen LogP contribution is 2.24. The van der Waals surface area contributed by atoms with Gasteiger partial charge >= 0.3 is 0 Å². The van der Waals surface area contributed by atoms with Gasteiger partial charge in [-0.25, -0.2) is 4.39 Å². The van der Waals surface area contributed by atoms with E-state index in [0.717, 1.165) is 23.4 Å². The van der Waals surface area contributed by atoms with Crippen LogP contribution in [0.4, 0.5) is 10.1 Å². The molecule has 0 saturated heterocycles. The van der Waals surface area contributed by atoms with Crippen molar-refractivity contribution in [2.24, 2.45) is 0 Å². The van der Waals surface area contributed by atoms with Crippen molar-refractivity contribution >= 4 is 23.2 Å². The van der Waals surface area contributed by atoms with Crippen LogP contribution < -0.4 is 10.1 Å². The van der Waals surface area contributed by atoms with Crippen molar-refractivity contribution < 1.29 is 18.3 Å². The Kier molecular flexibility index (Phi) is 7.03. The van der Waals surface area contributed by atoms with Crippen molar-refractivity contribution in [2.45, 2.75) is 40.3 Å². The minimum atomic E-state index is -0.396. The zero-order chi connectivity index (χ0) is 24.2. The molecular weight excluding hydrogens is 457 g/mol. The van der Waals surface area contributed by atoms with Gasteiger partial charge in [0.2, 0.25) is 0 Å². The molecule has 0 spiro atoms. The van der Waals surface area contributed by atoms with E-state index >= 15 is 0 Å². The molecule has 0 aliphatic rings. The lowest BCUT2D eigenvalue weighted by molar-refractivity contribution is 0.0992. The summed E-state index contributed by atoms with van der Waals surface area (Å²) in [4.78, 5) is 12.8. The Labute approximate surface area is 202 Å². The molecule has 2 heterocycles. The molecular formula is C26H25ClFN3O3. The van der Waals surface area contributed by atoms with Gasteiger partial charge < -0.3 is 14.5 Å². The second-order valence-corrected chi connectivity index (χ2v) is 8.35. The molecule has 0 unspecified atom stereocenters. The standard InChI is InChI=1S/C26H25ClFN3O3/c1-4-18-5-9-21(10-6-18)33-15-22-11-12-24(34-22)26(32)29-25-16(2)30-31(17(25)3)14-19-7-8-20(28)13-23(19)27/h5-13H,4,14-15H2,1-3H3,(H,29,32). The van der Waals surface area contributed by atoms with Crippen LogP contribution in [-0.2, 0) is 19.6 Å². The van der Waals surface area contributed by atoms with E-state index in [9.17, 15) is 9.18 Å². The molecule has 0 saturated carbocycles. The topological polar surface area (TPSA) is 69.3 Å². The molecule has 4 rings (SSSR count).